The number of hydrogen-bond acceptors (Lipinski definition) is 4. The Morgan fingerprint density at radius 2 is 2.04 bits per heavy atom. The minimum atomic E-state index is -0.629. The van der Waals surface area contributed by atoms with E-state index in [2.05, 4.69) is 36.8 Å². The van der Waals surface area contributed by atoms with Crippen molar-refractivity contribution >= 4 is 27.7 Å². The third kappa shape index (κ3) is 3.95. The molecule has 1 aliphatic heterocycles. The number of amides is 2. The van der Waals surface area contributed by atoms with Crippen molar-refractivity contribution in [2.45, 2.75) is 45.8 Å². The van der Waals surface area contributed by atoms with Crippen LogP contribution in [-0.2, 0) is 24.3 Å². The van der Waals surface area contributed by atoms with Crippen molar-refractivity contribution < 1.29 is 9.59 Å². The Labute approximate surface area is 160 Å². The zero-order valence-electron chi connectivity index (χ0n) is 14.8. The molecule has 138 valence electrons. The Balaban J connectivity index is 1.64. The summed E-state index contributed by atoms with van der Waals surface area (Å²) in [5, 5.41) is 14.0. The van der Waals surface area contributed by atoms with Crippen LogP contribution >= 0.6 is 15.9 Å². The van der Waals surface area contributed by atoms with Gasteiger partial charge in [0.1, 0.15) is 11.9 Å². The van der Waals surface area contributed by atoms with Crippen molar-refractivity contribution in [3.05, 3.63) is 46.0 Å². The number of rotatable bonds is 6. The molecular formula is C18H22BrN5O2. The van der Waals surface area contributed by atoms with Crippen LogP contribution in [0.1, 0.15) is 42.3 Å². The maximum atomic E-state index is 12.6. The lowest BCUT2D eigenvalue weighted by atomic mass is 10.0. The van der Waals surface area contributed by atoms with E-state index in [9.17, 15) is 9.59 Å². The second kappa shape index (κ2) is 7.99. The summed E-state index contributed by atoms with van der Waals surface area (Å²) in [5.41, 5.74) is 0.501. The summed E-state index contributed by atoms with van der Waals surface area (Å²) in [7, 11) is 0. The number of nitrogens with one attached hydrogen (secondary N) is 2. The van der Waals surface area contributed by atoms with Gasteiger partial charge in [-0.2, -0.15) is 0 Å². The van der Waals surface area contributed by atoms with E-state index < -0.39 is 6.04 Å². The zero-order valence-corrected chi connectivity index (χ0v) is 16.4. The van der Waals surface area contributed by atoms with Gasteiger partial charge in [-0.1, -0.05) is 26.0 Å². The fraction of sp³-hybridized carbons (Fsp3) is 0.444. The second-order valence-electron chi connectivity index (χ2n) is 6.68. The Hall–Kier alpha value is -2.22. The number of carbonyl (C=O) groups excluding carboxylic acids is 2. The Kier molecular flexibility index (Phi) is 5.70. The lowest BCUT2D eigenvalue weighted by Gasteiger charge is -2.22. The van der Waals surface area contributed by atoms with Crippen molar-refractivity contribution in [3.8, 4) is 0 Å². The Morgan fingerprint density at radius 3 is 2.77 bits per heavy atom. The SMILES string of the molecule is CC(C)[C@@H](NC(=O)c1ccccc1Br)C(=O)NCc1nnc2n1CCC2. The van der Waals surface area contributed by atoms with Crippen LogP contribution in [0.3, 0.4) is 0 Å². The van der Waals surface area contributed by atoms with Crippen LogP contribution in [0.4, 0.5) is 0 Å². The fourth-order valence-corrected chi connectivity index (χ4v) is 3.48. The van der Waals surface area contributed by atoms with Crippen molar-refractivity contribution in [3.63, 3.8) is 0 Å². The molecule has 2 N–H and O–H groups in total. The van der Waals surface area contributed by atoms with E-state index in [-0.39, 0.29) is 17.7 Å². The summed E-state index contributed by atoms with van der Waals surface area (Å²) in [6.45, 7) is 5.00. The lowest BCUT2D eigenvalue weighted by Crippen LogP contribution is -2.49. The van der Waals surface area contributed by atoms with Gasteiger partial charge in [0, 0.05) is 17.4 Å². The summed E-state index contributed by atoms with van der Waals surface area (Å²) in [6, 6.07) is 6.51. The van der Waals surface area contributed by atoms with Gasteiger partial charge in [-0.25, -0.2) is 0 Å². The standard InChI is InChI=1S/C18H22BrN5O2/c1-11(2)16(21-17(25)12-6-3-4-7-13(12)19)18(26)20-10-15-23-22-14-8-5-9-24(14)15/h3-4,6-7,11,16H,5,8-10H2,1-2H3,(H,20,26)(H,21,25)/t16-/m1/s1. The Morgan fingerprint density at radius 1 is 1.27 bits per heavy atom. The highest BCUT2D eigenvalue weighted by atomic mass is 79.9. The molecule has 7 nitrogen and oxygen atoms in total. The predicted octanol–water partition coefficient (Wildman–Crippen LogP) is 2.06. The molecule has 0 spiro atoms. The number of nitrogens with zero attached hydrogens (tertiary/aromatic N) is 3. The van der Waals surface area contributed by atoms with Gasteiger partial charge < -0.3 is 15.2 Å². The van der Waals surface area contributed by atoms with E-state index in [4.69, 9.17) is 0 Å². The zero-order chi connectivity index (χ0) is 18.7. The molecule has 1 aromatic carbocycles. The van der Waals surface area contributed by atoms with Gasteiger partial charge in [-0.05, 0) is 40.4 Å². The van der Waals surface area contributed by atoms with Crippen molar-refractivity contribution in [2.24, 2.45) is 5.92 Å². The van der Waals surface area contributed by atoms with E-state index in [0.717, 1.165) is 31.0 Å². The summed E-state index contributed by atoms with van der Waals surface area (Å²) in [4.78, 5) is 25.2. The van der Waals surface area contributed by atoms with Crippen LogP contribution in [0.15, 0.2) is 28.7 Å². The molecular weight excluding hydrogens is 398 g/mol. The van der Waals surface area contributed by atoms with E-state index in [0.29, 0.717) is 16.6 Å². The molecule has 0 unspecified atom stereocenters. The number of benzene rings is 1. The summed E-state index contributed by atoms with van der Waals surface area (Å²) >= 11 is 3.37. The molecule has 26 heavy (non-hydrogen) atoms. The monoisotopic (exact) mass is 419 g/mol. The molecule has 3 rings (SSSR count). The van der Waals surface area contributed by atoms with E-state index in [1.165, 1.54) is 0 Å². The van der Waals surface area contributed by atoms with Crippen LogP contribution in [0, 0.1) is 5.92 Å². The molecule has 0 saturated heterocycles. The van der Waals surface area contributed by atoms with Gasteiger partial charge in [-0.15, -0.1) is 10.2 Å². The van der Waals surface area contributed by atoms with Gasteiger partial charge in [0.05, 0.1) is 12.1 Å². The average Bonchev–Trinajstić information content (AvgIpc) is 3.21. The first-order valence-electron chi connectivity index (χ1n) is 8.71. The molecule has 8 heteroatoms. The van der Waals surface area contributed by atoms with Crippen LogP contribution in [0.25, 0.3) is 0 Å². The van der Waals surface area contributed by atoms with Crippen LogP contribution < -0.4 is 10.6 Å². The summed E-state index contributed by atoms with van der Waals surface area (Å²) in [6.07, 6.45) is 1.99. The molecule has 0 fully saturated rings. The van der Waals surface area contributed by atoms with Gasteiger partial charge in [0.15, 0.2) is 5.82 Å². The number of aryl methyl sites for hydroxylation is 1. The highest BCUT2D eigenvalue weighted by Crippen LogP contribution is 2.17. The van der Waals surface area contributed by atoms with E-state index in [1.54, 1.807) is 18.2 Å². The second-order valence-corrected chi connectivity index (χ2v) is 7.53. The molecule has 1 aliphatic rings. The summed E-state index contributed by atoms with van der Waals surface area (Å²) in [5.74, 6) is 1.17. The average molecular weight is 420 g/mol. The van der Waals surface area contributed by atoms with Crippen LogP contribution in [0.2, 0.25) is 0 Å². The normalized spacial score (nSPS) is 14.2. The third-order valence-electron chi connectivity index (χ3n) is 4.46. The molecule has 2 heterocycles. The minimum absolute atomic E-state index is 0.0504. The molecule has 0 saturated carbocycles. The third-order valence-corrected chi connectivity index (χ3v) is 5.15. The Bertz CT molecular complexity index is 818. The molecule has 2 aromatic rings. The highest BCUT2D eigenvalue weighted by Gasteiger charge is 2.26. The van der Waals surface area contributed by atoms with Crippen molar-refractivity contribution in [1.29, 1.82) is 0 Å². The van der Waals surface area contributed by atoms with E-state index >= 15 is 0 Å². The van der Waals surface area contributed by atoms with Crippen LogP contribution in [-0.4, -0.2) is 32.6 Å². The van der Waals surface area contributed by atoms with Gasteiger partial charge in [0.25, 0.3) is 5.91 Å². The van der Waals surface area contributed by atoms with Gasteiger partial charge in [-0.3, -0.25) is 9.59 Å². The topological polar surface area (TPSA) is 88.9 Å². The maximum Gasteiger partial charge on any atom is 0.253 e. The highest BCUT2D eigenvalue weighted by molar-refractivity contribution is 9.10. The van der Waals surface area contributed by atoms with Crippen molar-refractivity contribution in [1.82, 2.24) is 25.4 Å². The number of halogens is 1. The number of aromatic nitrogens is 3. The molecule has 0 radical (unpaired) electrons. The summed E-state index contributed by atoms with van der Waals surface area (Å²) < 4.78 is 2.74. The minimum Gasteiger partial charge on any atom is -0.347 e. The quantitative estimate of drug-likeness (QED) is 0.749. The van der Waals surface area contributed by atoms with E-state index in [1.807, 2.05) is 24.5 Å². The first-order valence-corrected chi connectivity index (χ1v) is 9.50. The molecule has 0 bridgehead atoms. The molecule has 1 atom stereocenters. The number of fused-ring (bicyclic) bond motifs is 1. The van der Waals surface area contributed by atoms with Crippen molar-refractivity contribution in [2.75, 3.05) is 0 Å². The molecule has 2 amide bonds. The maximum absolute atomic E-state index is 12.6. The molecule has 0 aliphatic carbocycles. The first kappa shape index (κ1) is 18.6. The largest absolute Gasteiger partial charge is 0.347 e. The first-order chi connectivity index (χ1) is 12.5. The fourth-order valence-electron chi connectivity index (χ4n) is 3.02. The van der Waals surface area contributed by atoms with Gasteiger partial charge >= 0.3 is 0 Å². The van der Waals surface area contributed by atoms with Gasteiger partial charge in [0.2, 0.25) is 5.91 Å². The molecule has 1 aromatic heterocycles. The number of hydrogen-bond donors (Lipinski definition) is 2. The number of carbonyl (C=O) groups is 2. The lowest BCUT2D eigenvalue weighted by molar-refractivity contribution is -0.124. The smallest absolute Gasteiger partial charge is 0.253 e. The van der Waals surface area contributed by atoms with Crippen LogP contribution in [0.5, 0.6) is 0 Å². The predicted molar refractivity (Wildman–Crippen MR) is 100 cm³/mol.